The molecule has 2 heteroatoms. The SMILES string of the molecule is CC1=C(CC(=O)O)C=CCC1. The molecule has 1 aliphatic rings. The predicted octanol–water partition coefficient (Wildman–Crippen LogP) is 2.13. The average Bonchev–Trinajstić information content (AvgIpc) is 1.93. The van der Waals surface area contributed by atoms with Crippen LogP contribution in [0.4, 0.5) is 0 Å². The Morgan fingerprint density at radius 2 is 2.45 bits per heavy atom. The summed E-state index contributed by atoms with van der Waals surface area (Å²) < 4.78 is 0. The van der Waals surface area contributed by atoms with Crippen LogP contribution in [0.15, 0.2) is 23.3 Å². The van der Waals surface area contributed by atoms with Gasteiger partial charge in [0.25, 0.3) is 0 Å². The lowest BCUT2D eigenvalue weighted by molar-refractivity contribution is -0.136. The molecule has 0 atom stereocenters. The molecule has 0 saturated heterocycles. The third-order valence-electron chi connectivity index (χ3n) is 1.89. The van der Waals surface area contributed by atoms with Gasteiger partial charge < -0.3 is 5.11 Å². The van der Waals surface area contributed by atoms with Crippen molar-refractivity contribution in [2.45, 2.75) is 26.2 Å². The molecule has 0 aromatic rings. The second-order valence-electron chi connectivity index (χ2n) is 2.82. The summed E-state index contributed by atoms with van der Waals surface area (Å²) in [7, 11) is 0. The lowest BCUT2D eigenvalue weighted by Crippen LogP contribution is -2.00. The molecule has 0 bridgehead atoms. The second kappa shape index (κ2) is 3.37. The van der Waals surface area contributed by atoms with Crippen molar-refractivity contribution in [2.75, 3.05) is 0 Å². The summed E-state index contributed by atoms with van der Waals surface area (Å²) in [6.45, 7) is 2.00. The summed E-state index contributed by atoms with van der Waals surface area (Å²) >= 11 is 0. The Kier molecular flexibility index (Phi) is 2.47. The van der Waals surface area contributed by atoms with E-state index in [-0.39, 0.29) is 6.42 Å². The first-order valence-electron chi connectivity index (χ1n) is 3.77. The molecule has 60 valence electrons. The highest BCUT2D eigenvalue weighted by molar-refractivity contribution is 5.71. The minimum Gasteiger partial charge on any atom is -0.481 e. The smallest absolute Gasteiger partial charge is 0.307 e. The van der Waals surface area contributed by atoms with Crippen LogP contribution in [-0.2, 0) is 4.79 Å². The van der Waals surface area contributed by atoms with Crippen LogP contribution < -0.4 is 0 Å². The van der Waals surface area contributed by atoms with E-state index in [1.165, 1.54) is 5.57 Å². The number of carbonyl (C=O) groups is 1. The van der Waals surface area contributed by atoms with Crippen molar-refractivity contribution >= 4 is 5.97 Å². The molecule has 0 unspecified atom stereocenters. The fraction of sp³-hybridized carbons (Fsp3) is 0.444. The standard InChI is InChI=1S/C9H12O2/c1-7-4-2-3-5-8(7)6-9(10)11/h3,5H,2,4,6H2,1H3,(H,10,11). The Labute approximate surface area is 66.2 Å². The topological polar surface area (TPSA) is 37.3 Å². The number of aliphatic carboxylic acids is 1. The number of rotatable bonds is 2. The molecule has 0 spiro atoms. The lowest BCUT2D eigenvalue weighted by atomic mass is 9.97. The molecular weight excluding hydrogens is 140 g/mol. The minimum absolute atomic E-state index is 0.169. The summed E-state index contributed by atoms with van der Waals surface area (Å²) in [5.74, 6) is -0.745. The van der Waals surface area contributed by atoms with E-state index in [9.17, 15) is 4.79 Å². The number of hydrogen-bond acceptors (Lipinski definition) is 1. The molecule has 0 aromatic heterocycles. The Hall–Kier alpha value is -1.05. The summed E-state index contributed by atoms with van der Waals surface area (Å²) in [6.07, 6.45) is 6.19. The zero-order chi connectivity index (χ0) is 8.27. The zero-order valence-electron chi connectivity index (χ0n) is 6.63. The van der Waals surface area contributed by atoms with E-state index in [1.807, 2.05) is 19.1 Å². The maximum Gasteiger partial charge on any atom is 0.307 e. The molecular formula is C9H12O2. The average molecular weight is 152 g/mol. The van der Waals surface area contributed by atoms with Crippen LogP contribution in [0.5, 0.6) is 0 Å². The highest BCUT2D eigenvalue weighted by atomic mass is 16.4. The molecule has 0 radical (unpaired) electrons. The first-order valence-corrected chi connectivity index (χ1v) is 3.77. The van der Waals surface area contributed by atoms with E-state index in [4.69, 9.17) is 5.11 Å². The summed E-state index contributed by atoms with van der Waals surface area (Å²) in [5, 5.41) is 8.52. The van der Waals surface area contributed by atoms with Gasteiger partial charge in [-0.1, -0.05) is 17.7 Å². The fourth-order valence-corrected chi connectivity index (χ4v) is 1.20. The van der Waals surface area contributed by atoms with Gasteiger partial charge in [0, 0.05) is 0 Å². The van der Waals surface area contributed by atoms with E-state index >= 15 is 0 Å². The van der Waals surface area contributed by atoms with E-state index in [0.717, 1.165) is 18.4 Å². The van der Waals surface area contributed by atoms with E-state index in [2.05, 4.69) is 0 Å². The van der Waals surface area contributed by atoms with Crippen LogP contribution >= 0.6 is 0 Å². The van der Waals surface area contributed by atoms with Crippen LogP contribution in [0.25, 0.3) is 0 Å². The quantitative estimate of drug-likeness (QED) is 0.658. The normalized spacial score (nSPS) is 17.2. The molecule has 0 heterocycles. The Morgan fingerprint density at radius 3 is 3.00 bits per heavy atom. The van der Waals surface area contributed by atoms with Crippen molar-refractivity contribution in [1.82, 2.24) is 0 Å². The zero-order valence-corrected chi connectivity index (χ0v) is 6.63. The van der Waals surface area contributed by atoms with Crippen molar-refractivity contribution in [3.8, 4) is 0 Å². The van der Waals surface area contributed by atoms with Gasteiger partial charge in [0.1, 0.15) is 0 Å². The van der Waals surface area contributed by atoms with Gasteiger partial charge in [-0.2, -0.15) is 0 Å². The highest BCUT2D eigenvalue weighted by Gasteiger charge is 2.06. The van der Waals surface area contributed by atoms with Gasteiger partial charge in [-0.05, 0) is 25.3 Å². The number of hydrogen-bond donors (Lipinski definition) is 1. The summed E-state index contributed by atoms with van der Waals surface area (Å²) in [4.78, 5) is 10.3. The first-order chi connectivity index (χ1) is 5.20. The van der Waals surface area contributed by atoms with E-state index in [0.29, 0.717) is 0 Å². The van der Waals surface area contributed by atoms with Gasteiger partial charge in [-0.15, -0.1) is 0 Å². The van der Waals surface area contributed by atoms with E-state index in [1.54, 1.807) is 0 Å². The maximum atomic E-state index is 10.3. The third kappa shape index (κ3) is 2.22. The van der Waals surface area contributed by atoms with Crippen LogP contribution in [0.3, 0.4) is 0 Å². The van der Waals surface area contributed by atoms with Gasteiger partial charge in [0.15, 0.2) is 0 Å². The fourth-order valence-electron chi connectivity index (χ4n) is 1.20. The monoisotopic (exact) mass is 152 g/mol. The highest BCUT2D eigenvalue weighted by Crippen LogP contribution is 2.20. The summed E-state index contributed by atoms with van der Waals surface area (Å²) in [5.41, 5.74) is 2.19. The Morgan fingerprint density at radius 1 is 1.73 bits per heavy atom. The van der Waals surface area contributed by atoms with Gasteiger partial charge in [-0.3, -0.25) is 4.79 Å². The van der Waals surface area contributed by atoms with Crippen molar-refractivity contribution < 1.29 is 9.90 Å². The lowest BCUT2D eigenvalue weighted by Gasteiger charge is -2.09. The van der Waals surface area contributed by atoms with Gasteiger partial charge in [0.2, 0.25) is 0 Å². The number of carboxylic acid groups (broad SMARTS) is 1. The summed E-state index contributed by atoms with van der Waals surface area (Å²) in [6, 6.07) is 0. The molecule has 0 aliphatic heterocycles. The molecule has 2 nitrogen and oxygen atoms in total. The van der Waals surface area contributed by atoms with Crippen molar-refractivity contribution in [3.05, 3.63) is 23.3 Å². The predicted molar refractivity (Wildman–Crippen MR) is 43.3 cm³/mol. The molecule has 0 fully saturated rings. The molecule has 1 rings (SSSR count). The van der Waals surface area contributed by atoms with E-state index < -0.39 is 5.97 Å². The number of allylic oxidation sites excluding steroid dienone is 3. The Balaban J connectivity index is 2.68. The second-order valence-corrected chi connectivity index (χ2v) is 2.82. The van der Waals surface area contributed by atoms with Crippen LogP contribution in [0, 0.1) is 0 Å². The van der Waals surface area contributed by atoms with Crippen molar-refractivity contribution in [2.24, 2.45) is 0 Å². The molecule has 11 heavy (non-hydrogen) atoms. The minimum atomic E-state index is -0.745. The van der Waals surface area contributed by atoms with Crippen LogP contribution in [0.2, 0.25) is 0 Å². The molecule has 0 saturated carbocycles. The van der Waals surface area contributed by atoms with Crippen LogP contribution in [0.1, 0.15) is 26.2 Å². The van der Waals surface area contributed by atoms with Crippen LogP contribution in [-0.4, -0.2) is 11.1 Å². The first kappa shape index (κ1) is 8.05. The maximum absolute atomic E-state index is 10.3. The third-order valence-corrected chi connectivity index (χ3v) is 1.89. The van der Waals surface area contributed by atoms with Gasteiger partial charge in [-0.25, -0.2) is 0 Å². The van der Waals surface area contributed by atoms with Crippen molar-refractivity contribution in [1.29, 1.82) is 0 Å². The molecule has 1 N–H and O–H groups in total. The Bertz CT molecular complexity index is 224. The van der Waals surface area contributed by atoms with Gasteiger partial charge in [0.05, 0.1) is 6.42 Å². The molecule has 0 amide bonds. The largest absolute Gasteiger partial charge is 0.481 e. The molecule has 0 aromatic carbocycles. The van der Waals surface area contributed by atoms with Gasteiger partial charge >= 0.3 is 5.97 Å². The molecule has 1 aliphatic carbocycles. The van der Waals surface area contributed by atoms with Crippen molar-refractivity contribution in [3.63, 3.8) is 0 Å². The number of carboxylic acids is 1.